The van der Waals surface area contributed by atoms with Crippen LogP contribution in [0, 0.1) is 0 Å². The van der Waals surface area contributed by atoms with Crippen LogP contribution in [-0.2, 0) is 6.18 Å². The van der Waals surface area contributed by atoms with Crippen molar-refractivity contribution in [2.75, 3.05) is 23.3 Å². The summed E-state index contributed by atoms with van der Waals surface area (Å²) in [5.74, 6) is 0.146. The average molecular weight is 428 g/mol. The van der Waals surface area contributed by atoms with Crippen LogP contribution in [0.4, 0.5) is 29.5 Å². The first-order valence-corrected chi connectivity index (χ1v) is 9.63. The molecule has 3 aromatic rings. The van der Waals surface area contributed by atoms with E-state index in [2.05, 4.69) is 25.6 Å². The minimum atomic E-state index is -4.60. The number of para-hydroxylation sites is 1. The van der Waals surface area contributed by atoms with Crippen molar-refractivity contribution >= 4 is 17.5 Å². The van der Waals surface area contributed by atoms with Gasteiger partial charge in [0.1, 0.15) is 5.82 Å². The number of hydrogen-bond acceptors (Lipinski definition) is 5. The molecule has 2 amide bonds. The molecule has 4 rings (SSSR count). The molecular formula is C21H19F3N6O. The fourth-order valence-electron chi connectivity index (χ4n) is 3.33. The van der Waals surface area contributed by atoms with E-state index in [0.717, 1.165) is 6.07 Å². The highest BCUT2D eigenvalue weighted by Gasteiger charge is 2.35. The molecule has 0 aliphatic carbocycles. The lowest BCUT2D eigenvalue weighted by Gasteiger charge is -2.20. The van der Waals surface area contributed by atoms with Gasteiger partial charge in [0.05, 0.1) is 0 Å². The van der Waals surface area contributed by atoms with Gasteiger partial charge in [-0.1, -0.05) is 18.2 Å². The van der Waals surface area contributed by atoms with Crippen LogP contribution in [0.25, 0.3) is 11.4 Å². The van der Waals surface area contributed by atoms with Crippen molar-refractivity contribution in [2.24, 2.45) is 0 Å². The molecule has 1 unspecified atom stereocenters. The third-order valence-corrected chi connectivity index (χ3v) is 4.82. The molecule has 1 saturated heterocycles. The Kier molecular flexibility index (Phi) is 5.70. The number of rotatable bonds is 4. The van der Waals surface area contributed by atoms with E-state index < -0.39 is 11.9 Å². The number of nitrogens with zero attached hydrogens (tertiary/aromatic N) is 4. The molecule has 160 valence electrons. The van der Waals surface area contributed by atoms with Gasteiger partial charge in [-0.15, -0.1) is 0 Å². The second-order valence-electron chi connectivity index (χ2n) is 7.06. The summed E-state index contributed by atoms with van der Waals surface area (Å²) in [4.78, 5) is 25.8. The molecule has 1 aliphatic rings. The third-order valence-electron chi connectivity index (χ3n) is 4.82. The van der Waals surface area contributed by atoms with Crippen molar-refractivity contribution in [3.63, 3.8) is 0 Å². The van der Waals surface area contributed by atoms with E-state index >= 15 is 0 Å². The summed E-state index contributed by atoms with van der Waals surface area (Å²) in [6, 6.07) is 12.4. The van der Waals surface area contributed by atoms with E-state index in [4.69, 9.17) is 0 Å². The highest BCUT2D eigenvalue weighted by molar-refractivity contribution is 5.89. The molecule has 7 nitrogen and oxygen atoms in total. The number of anilines is 2. The van der Waals surface area contributed by atoms with Gasteiger partial charge in [0.15, 0.2) is 11.5 Å². The summed E-state index contributed by atoms with van der Waals surface area (Å²) in [6.07, 6.45) is -1.08. The predicted molar refractivity (Wildman–Crippen MR) is 109 cm³/mol. The standard InChI is InChI=1S/C21H19F3N6O/c22-21(23,24)17-12-18(29-19(28-17)14-6-9-25-10-7-14)30-11-8-16(13-30)27-20(31)26-15-4-2-1-3-5-15/h1-7,9-10,12,16H,8,11,13H2,(H2,26,27,31). The van der Waals surface area contributed by atoms with Gasteiger partial charge in [-0.25, -0.2) is 14.8 Å². The number of alkyl halides is 3. The number of benzene rings is 1. The molecule has 2 N–H and O–H groups in total. The van der Waals surface area contributed by atoms with Crippen LogP contribution in [0.3, 0.4) is 0 Å². The number of urea groups is 1. The molecule has 0 bridgehead atoms. The number of hydrogen-bond donors (Lipinski definition) is 2. The smallest absolute Gasteiger partial charge is 0.354 e. The molecule has 1 aliphatic heterocycles. The van der Waals surface area contributed by atoms with Gasteiger partial charge in [-0.3, -0.25) is 4.98 Å². The quantitative estimate of drug-likeness (QED) is 0.657. The fourth-order valence-corrected chi connectivity index (χ4v) is 3.33. The van der Waals surface area contributed by atoms with Crippen molar-refractivity contribution in [2.45, 2.75) is 18.6 Å². The summed E-state index contributed by atoms with van der Waals surface area (Å²) in [5.41, 5.74) is 0.0865. The second-order valence-corrected chi connectivity index (χ2v) is 7.06. The summed E-state index contributed by atoms with van der Waals surface area (Å²) < 4.78 is 40.3. The summed E-state index contributed by atoms with van der Waals surface area (Å²) in [7, 11) is 0. The van der Waals surface area contributed by atoms with Crippen LogP contribution in [0.5, 0.6) is 0 Å². The lowest BCUT2D eigenvalue weighted by molar-refractivity contribution is -0.141. The largest absolute Gasteiger partial charge is 0.433 e. The lowest BCUT2D eigenvalue weighted by atomic mass is 10.2. The maximum atomic E-state index is 13.4. The molecular weight excluding hydrogens is 409 g/mol. The Morgan fingerprint density at radius 2 is 1.81 bits per heavy atom. The number of nitrogens with one attached hydrogen (secondary N) is 2. The molecule has 0 radical (unpaired) electrons. The fraction of sp³-hybridized carbons (Fsp3) is 0.238. The van der Waals surface area contributed by atoms with E-state index in [-0.39, 0.29) is 23.7 Å². The summed E-state index contributed by atoms with van der Waals surface area (Å²) >= 11 is 0. The maximum absolute atomic E-state index is 13.4. The first kappa shape index (κ1) is 20.6. The van der Waals surface area contributed by atoms with Crippen molar-refractivity contribution in [1.29, 1.82) is 0 Å². The zero-order chi connectivity index (χ0) is 21.8. The van der Waals surface area contributed by atoms with Gasteiger partial charge in [0, 0.05) is 48.8 Å². The zero-order valence-corrected chi connectivity index (χ0v) is 16.3. The van der Waals surface area contributed by atoms with Gasteiger partial charge in [-0.05, 0) is 30.7 Å². The van der Waals surface area contributed by atoms with E-state index in [9.17, 15) is 18.0 Å². The number of carbonyl (C=O) groups excluding carboxylic acids is 1. The van der Waals surface area contributed by atoms with Crippen LogP contribution < -0.4 is 15.5 Å². The number of halogens is 3. The minimum absolute atomic E-state index is 0.0227. The molecule has 10 heteroatoms. The topological polar surface area (TPSA) is 83.0 Å². The van der Waals surface area contributed by atoms with Gasteiger partial charge in [0.25, 0.3) is 0 Å². The molecule has 2 aromatic heterocycles. The average Bonchev–Trinajstić information content (AvgIpc) is 3.22. The molecule has 1 atom stereocenters. The Balaban J connectivity index is 1.50. The molecule has 1 fully saturated rings. The highest BCUT2D eigenvalue weighted by atomic mass is 19.4. The van der Waals surface area contributed by atoms with E-state index in [1.54, 1.807) is 41.3 Å². The first-order valence-electron chi connectivity index (χ1n) is 9.63. The van der Waals surface area contributed by atoms with Gasteiger partial charge in [0.2, 0.25) is 0 Å². The third kappa shape index (κ3) is 5.08. The first-order chi connectivity index (χ1) is 14.9. The van der Waals surface area contributed by atoms with E-state index in [1.807, 2.05) is 6.07 Å². The van der Waals surface area contributed by atoms with Crippen molar-refractivity contribution in [3.8, 4) is 11.4 Å². The molecule has 1 aromatic carbocycles. The Morgan fingerprint density at radius 1 is 1.06 bits per heavy atom. The van der Waals surface area contributed by atoms with E-state index in [1.165, 1.54) is 12.4 Å². The zero-order valence-electron chi connectivity index (χ0n) is 16.3. The number of pyridine rings is 1. The Labute approximate surface area is 176 Å². The highest BCUT2D eigenvalue weighted by Crippen LogP contribution is 2.32. The molecule has 31 heavy (non-hydrogen) atoms. The monoisotopic (exact) mass is 428 g/mol. The Hall–Kier alpha value is -3.69. The number of amides is 2. The van der Waals surface area contributed by atoms with Gasteiger partial charge < -0.3 is 15.5 Å². The van der Waals surface area contributed by atoms with Crippen LogP contribution in [0.15, 0.2) is 60.9 Å². The lowest BCUT2D eigenvalue weighted by Crippen LogP contribution is -2.39. The van der Waals surface area contributed by atoms with Crippen molar-refractivity contribution in [1.82, 2.24) is 20.3 Å². The predicted octanol–water partition coefficient (Wildman–Crippen LogP) is 3.96. The normalized spacial score (nSPS) is 16.2. The van der Waals surface area contributed by atoms with Crippen LogP contribution in [0.1, 0.15) is 12.1 Å². The summed E-state index contributed by atoms with van der Waals surface area (Å²) in [6.45, 7) is 0.798. The van der Waals surface area contributed by atoms with Crippen LogP contribution in [0.2, 0.25) is 0 Å². The molecule has 0 saturated carbocycles. The SMILES string of the molecule is O=C(Nc1ccccc1)NC1CCN(c2cc(C(F)(F)F)nc(-c3ccncc3)n2)C1. The maximum Gasteiger partial charge on any atom is 0.433 e. The van der Waals surface area contributed by atoms with E-state index in [0.29, 0.717) is 30.8 Å². The van der Waals surface area contributed by atoms with Gasteiger partial charge in [-0.2, -0.15) is 13.2 Å². The minimum Gasteiger partial charge on any atom is -0.354 e. The number of aromatic nitrogens is 3. The second kappa shape index (κ2) is 8.58. The van der Waals surface area contributed by atoms with Gasteiger partial charge >= 0.3 is 12.2 Å². The molecule has 0 spiro atoms. The Morgan fingerprint density at radius 3 is 2.52 bits per heavy atom. The van der Waals surface area contributed by atoms with Crippen LogP contribution >= 0.6 is 0 Å². The molecule has 3 heterocycles. The van der Waals surface area contributed by atoms with Crippen molar-refractivity contribution < 1.29 is 18.0 Å². The Bertz CT molecular complexity index is 1050. The van der Waals surface area contributed by atoms with Crippen molar-refractivity contribution in [3.05, 3.63) is 66.6 Å². The number of carbonyl (C=O) groups is 1. The summed E-state index contributed by atoms with van der Waals surface area (Å²) in [5, 5.41) is 5.59. The van der Waals surface area contributed by atoms with Crippen LogP contribution in [-0.4, -0.2) is 40.1 Å².